The summed E-state index contributed by atoms with van der Waals surface area (Å²) >= 11 is 0. The standard InChI is InChI=1S/C10H14N2O/c1-3-5-6-9-8(4-2)11-7-10(13)12-9/h3-6,11H,7H2,1-2H3,(H,12,13)/b5-3-,8-4+,9-6+. The molecule has 0 unspecified atom stereocenters. The lowest BCUT2D eigenvalue weighted by Gasteiger charge is -2.20. The minimum atomic E-state index is 0.00125. The number of hydrogen-bond acceptors (Lipinski definition) is 2. The molecule has 1 saturated heterocycles. The molecule has 2 N–H and O–H groups in total. The fraction of sp³-hybridized carbons (Fsp3) is 0.300. The van der Waals surface area contributed by atoms with Crippen molar-refractivity contribution < 1.29 is 4.79 Å². The van der Waals surface area contributed by atoms with Gasteiger partial charge >= 0.3 is 0 Å². The van der Waals surface area contributed by atoms with Gasteiger partial charge in [0.25, 0.3) is 0 Å². The summed E-state index contributed by atoms with van der Waals surface area (Å²) in [6.45, 7) is 4.22. The SMILES string of the molecule is C\C=C/C=C1/NC(=O)CN/C1=C/C. The third-order valence-electron chi connectivity index (χ3n) is 1.75. The Labute approximate surface area is 78.2 Å². The van der Waals surface area contributed by atoms with Gasteiger partial charge < -0.3 is 10.6 Å². The Hall–Kier alpha value is -1.51. The number of carbonyl (C=O) groups is 1. The van der Waals surface area contributed by atoms with Gasteiger partial charge in [0.15, 0.2) is 0 Å². The number of amides is 1. The highest BCUT2D eigenvalue weighted by Crippen LogP contribution is 2.06. The molecule has 0 aliphatic carbocycles. The van der Waals surface area contributed by atoms with E-state index in [1.54, 1.807) is 0 Å². The Morgan fingerprint density at radius 1 is 1.31 bits per heavy atom. The maximum absolute atomic E-state index is 11.0. The summed E-state index contributed by atoms with van der Waals surface area (Å²) in [7, 11) is 0. The first-order valence-electron chi connectivity index (χ1n) is 4.31. The Morgan fingerprint density at radius 2 is 2.08 bits per heavy atom. The van der Waals surface area contributed by atoms with Crippen LogP contribution >= 0.6 is 0 Å². The number of carbonyl (C=O) groups excluding carboxylic acids is 1. The molecular weight excluding hydrogens is 164 g/mol. The Kier molecular flexibility index (Phi) is 3.31. The third kappa shape index (κ3) is 2.47. The number of hydrogen-bond donors (Lipinski definition) is 2. The highest BCUT2D eigenvalue weighted by Gasteiger charge is 2.14. The first-order chi connectivity index (χ1) is 6.27. The number of allylic oxidation sites excluding steroid dienone is 4. The lowest BCUT2D eigenvalue weighted by atomic mass is 10.2. The molecule has 0 spiro atoms. The van der Waals surface area contributed by atoms with E-state index in [4.69, 9.17) is 0 Å². The fourth-order valence-electron chi connectivity index (χ4n) is 1.11. The van der Waals surface area contributed by atoms with E-state index in [2.05, 4.69) is 10.6 Å². The molecule has 1 amide bonds. The Morgan fingerprint density at radius 3 is 2.69 bits per heavy atom. The second kappa shape index (κ2) is 4.50. The van der Waals surface area contributed by atoms with Crippen molar-refractivity contribution in [1.29, 1.82) is 0 Å². The van der Waals surface area contributed by atoms with Crippen LogP contribution in [0.2, 0.25) is 0 Å². The maximum atomic E-state index is 11.0. The molecule has 0 bridgehead atoms. The van der Waals surface area contributed by atoms with Gasteiger partial charge in [0.05, 0.1) is 17.9 Å². The van der Waals surface area contributed by atoms with Crippen molar-refractivity contribution in [2.45, 2.75) is 13.8 Å². The topological polar surface area (TPSA) is 41.1 Å². The van der Waals surface area contributed by atoms with Crippen molar-refractivity contribution in [2.75, 3.05) is 6.54 Å². The van der Waals surface area contributed by atoms with E-state index in [1.165, 1.54) is 0 Å². The average Bonchev–Trinajstić information content (AvgIpc) is 2.15. The normalized spacial score (nSPS) is 23.7. The third-order valence-corrected chi connectivity index (χ3v) is 1.75. The summed E-state index contributed by atoms with van der Waals surface area (Å²) < 4.78 is 0. The molecule has 1 aliphatic rings. The highest BCUT2D eigenvalue weighted by molar-refractivity contribution is 5.82. The van der Waals surface area contributed by atoms with Crippen LogP contribution in [0.5, 0.6) is 0 Å². The van der Waals surface area contributed by atoms with Crippen LogP contribution in [0.25, 0.3) is 0 Å². The van der Waals surface area contributed by atoms with Gasteiger partial charge in [0.1, 0.15) is 0 Å². The summed E-state index contributed by atoms with van der Waals surface area (Å²) in [4.78, 5) is 11.0. The lowest BCUT2D eigenvalue weighted by Crippen LogP contribution is -2.41. The van der Waals surface area contributed by atoms with Crippen LogP contribution in [0.1, 0.15) is 13.8 Å². The predicted molar refractivity (Wildman–Crippen MR) is 52.8 cm³/mol. The predicted octanol–water partition coefficient (Wildman–Crippen LogP) is 1.07. The molecule has 0 atom stereocenters. The van der Waals surface area contributed by atoms with Crippen LogP contribution in [-0.2, 0) is 4.79 Å². The molecule has 0 saturated carbocycles. The molecule has 1 aliphatic heterocycles. The van der Waals surface area contributed by atoms with E-state index < -0.39 is 0 Å². The molecule has 13 heavy (non-hydrogen) atoms. The fourth-order valence-corrected chi connectivity index (χ4v) is 1.11. The van der Waals surface area contributed by atoms with Crippen LogP contribution in [0, 0.1) is 0 Å². The van der Waals surface area contributed by atoms with E-state index in [9.17, 15) is 4.79 Å². The molecule has 0 aromatic rings. The van der Waals surface area contributed by atoms with Gasteiger partial charge in [-0.25, -0.2) is 0 Å². The smallest absolute Gasteiger partial charge is 0.243 e. The quantitative estimate of drug-likeness (QED) is 0.630. The van der Waals surface area contributed by atoms with Gasteiger partial charge in [-0.15, -0.1) is 0 Å². The van der Waals surface area contributed by atoms with Crippen LogP contribution in [0.3, 0.4) is 0 Å². The molecule has 1 heterocycles. The minimum absolute atomic E-state index is 0.00125. The summed E-state index contributed by atoms with van der Waals surface area (Å²) in [5.41, 5.74) is 1.80. The summed E-state index contributed by atoms with van der Waals surface area (Å²) in [5.74, 6) is 0.00125. The molecule has 1 rings (SSSR count). The van der Waals surface area contributed by atoms with Gasteiger partial charge in [0.2, 0.25) is 5.91 Å². The zero-order chi connectivity index (χ0) is 9.68. The van der Waals surface area contributed by atoms with Crippen LogP contribution in [0.15, 0.2) is 35.7 Å². The molecule has 3 nitrogen and oxygen atoms in total. The van der Waals surface area contributed by atoms with E-state index in [0.717, 1.165) is 11.4 Å². The summed E-state index contributed by atoms with van der Waals surface area (Å²) in [5, 5.41) is 5.82. The average molecular weight is 178 g/mol. The lowest BCUT2D eigenvalue weighted by molar-refractivity contribution is -0.119. The molecular formula is C10H14N2O. The molecule has 0 radical (unpaired) electrons. The zero-order valence-corrected chi connectivity index (χ0v) is 7.92. The molecule has 3 heteroatoms. The van der Waals surface area contributed by atoms with Crippen LogP contribution in [-0.4, -0.2) is 12.5 Å². The first kappa shape index (κ1) is 9.58. The molecule has 1 fully saturated rings. The Bertz CT molecular complexity index is 287. The van der Waals surface area contributed by atoms with Gasteiger partial charge in [-0.05, 0) is 19.9 Å². The molecule has 0 aromatic heterocycles. The number of nitrogens with one attached hydrogen (secondary N) is 2. The summed E-state index contributed by atoms with van der Waals surface area (Å²) in [6.07, 6.45) is 7.63. The zero-order valence-electron chi connectivity index (χ0n) is 7.92. The number of rotatable bonds is 1. The first-order valence-corrected chi connectivity index (χ1v) is 4.31. The van der Waals surface area contributed by atoms with E-state index >= 15 is 0 Å². The van der Waals surface area contributed by atoms with Crippen molar-refractivity contribution in [3.8, 4) is 0 Å². The molecule has 0 aromatic carbocycles. The van der Waals surface area contributed by atoms with E-state index in [-0.39, 0.29) is 5.91 Å². The summed E-state index contributed by atoms with van der Waals surface area (Å²) in [6, 6.07) is 0. The van der Waals surface area contributed by atoms with Crippen molar-refractivity contribution in [3.05, 3.63) is 35.7 Å². The Balaban J connectivity index is 2.83. The van der Waals surface area contributed by atoms with Gasteiger partial charge in [0, 0.05) is 0 Å². The van der Waals surface area contributed by atoms with Gasteiger partial charge in [-0.2, -0.15) is 0 Å². The molecule has 70 valence electrons. The van der Waals surface area contributed by atoms with Crippen molar-refractivity contribution in [2.24, 2.45) is 0 Å². The largest absolute Gasteiger partial charge is 0.375 e. The maximum Gasteiger partial charge on any atom is 0.243 e. The second-order valence-corrected chi connectivity index (χ2v) is 2.71. The van der Waals surface area contributed by atoms with Crippen LogP contribution in [0.4, 0.5) is 0 Å². The minimum Gasteiger partial charge on any atom is -0.375 e. The second-order valence-electron chi connectivity index (χ2n) is 2.71. The van der Waals surface area contributed by atoms with Crippen LogP contribution < -0.4 is 10.6 Å². The number of piperazine rings is 1. The van der Waals surface area contributed by atoms with E-state index in [1.807, 2.05) is 38.2 Å². The highest BCUT2D eigenvalue weighted by atomic mass is 16.2. The van der Waals surface area contributed by atoms with Crippen molar-refractivity contribution in [3.63, 3.8) is 0 Å². The van der Waals surface area contributed by atoms with Crippen molar-refractivity contribution in [1.82, 2.24) is 10.6 Å². The van der Waals surface area contributed by atoms with E-state index in [0.29, 0.717) is 6.54 Å². The van der Waals surface area contributed by atoms with Crippen molar-refractivity contribution >= 4 is 5.91 Å². The van der Waals surface area contributed by atoms with Gasteiger partial charge in [-0.3, -0.25) is 4.79 Å². The van der Waals surface area contributed by atoms with Gasteiger partial charge in [-0.1, -0.05) is 18.2 Å². The monoisotopic (exact) mass is 178 g/mol.